The molecule has 88 valence electrons. The average Bonchev–Trinajstić information content (AvgIpc) is 1.96. The molecule has 2 N–H and O–H groups in total. The molecule has 0 fully saturated rings. The molecule has 0 heterocycles. The van der Waals surface area contributed by atoms with Gasteiger partial charge in [0.05, 0.1) is 5.69 Å². The van der Waals surface area contributed by atoms with Gasteiger partial charge in [-0.1, -0.05) is 0 Å². The normalized spacial score (nSPS) is 11.0. The van der Waals surface area contributed by atoms with E-state index in [1.165, 1.54) is 6.07 Å². The first-order chi connectivity index (χ1) is 7.26. The van der Waals surface area contributed by atoms with E-state index in [1.807, 2.05) is 0 Å². The Bertz CT molecular complexity index is 378. The predicted octanol–water partition coefficient (Wildman–Crippen LogP) is 2.88. The fourth-order valence-corrected chi connectivity index (χ4v) is 1.07. The Hall–Kier alpha value is -1.78. The van der Waals surface area contributed by atoms with Crippen molar-refractivity contribution >= 4 is 11.8 Å². The van der Waals surface area contributed by atoms with Gasteiger partial charge in [0.25, 0.3) is 0 Å². The topological polar surface area (TPSA) is 58.6 Å². The molecule has 5 heteroatoms. The van der Waals surface area contributed by atoms with Gasteiger partial charge >= 0.3 is 6.09 Å². The number of ether oxygens (including phenoxy) is 1. The molecule has 0 aliphatic carbocycles. The van der Waals surface area contributed by atoms with Gasteiger partial charge in [0.1, 0.15) is 17.2 Å². The van der Waals surface area contributed by atoms with Crippen LogP contribution in [-0.4, -0.2) is 16.8 Å². The van der Waals surface area contributed by atoms with E-state index in [4.69, 9.17) is 9.84 Å². The maximum Gasteiger partial charge on any atom is 0.412 e. The van der Waals surface area contributed by atoms with Crippen LogP contribution < -0.4 is 5.32 Å². The maximum atomic E-state index is 12.9. The van der Waals surface area contributed by atoms with E-state index in [9.17, 15) is 9.18 Å². The molecule has 1 rings (SSSR count). The zero-order valence-corrected chi connectivity index (χ0v) is 9.37. The number of carbonyl (C=O) groups is 1. The predicted molar refractivity (Wildman–Crippen MR) is 57.9 cm³/mol. The third-order valence-electron chi connectivity index (χ3n) is 1.53. The lowest BCUT2D eigenvalue weighted by Gasteiger charge is -2.19. The SMILES string of the molecule is CC(C)(C)OC(=O)Nc1cc(O)cc(F)c1. The number of hydrogen-bond acceptors (Lipinski definition) is 3. The van der Waals surface area contributed by atoms with Crippen molar-refractivity contribution in [3.63, 3.8) is 0 Å². The highest BCUT2D eigenvalue weighted by Crippen LogP contribution is 2.19. The summed E-state index contributed by atoms with van der Waals surface area (Å²) >= 11 is 0. The zero-order valence-electron chi connectivity index (χ0n) is 9.37. The monoisotopic (exact) mass is 227 g/mol. The summed E-state index contributed by atoms with van der Waals surface area (Å²) in [4.78, 5) is 11.3. The number of carbonyl (C=O) groups excluding carboxylic acids is 1. The lowest BCUT2D eigenvalue weighted by atomic mass is 10.2. The van der Waals surface area contributed by atoms with E-state index in [-0.39, 0.29) is 11.4 Å². The maximum absolute atomic E-state index is 12.9. The second-order valence-corrected chi connectivity index (χ2v) is 4.32. The Morgan fingerprint density at radius 3 is 2.50 bits per heavy atom. The molecule has 0 saturated carbocycles. The van der Waals surface area contributed by atoms with Crippen LogP contribution in [0.25, 0.3) is 0 Å². The smallest absolute Gasteiger partial charge is 0.412 e. The molecule has 1 aromatic rings. The molecule has 0 aliphatic heterocycles. The fraction of sp³-hybridized carbons (Fsp3) is 0.364. The Morgan fingerprint density at radius 2 is 2.00 bits per heavy atom. The van der Waals surface area contributed by atoms with E-state index >= 15 is 0 Å². The van der Waals surface area contributed by atoms with E-state index < -0.39 is 17.5 Å². The molecule has 16 heavy (non-hydrogen) atoms. The van der Waals surface area contributed by atoms with Gasteiger partial charge in [-0.2, -0.15) is 0 Å². The zero-order chi connectivity index (χ0) is 12.3. The molecular formula is C11H14FNO3. The number of amides is 1. The summed E-state index contributed by atoms with van der Waals surface area (Å²) in [5, 5.41) is 11.4. The molecule has 0 unspecified atom stereocenters. The molecule has 4 nitrogen and oxygen atoms in total. The van der Waals surface area contributed by atoms with Gasteiger partial charge < -0.3 is 9.84 Å². The van der Waals surface area contributed by atoms with Gasteiger partial charge in [-0.05, 0) is 26.8 Å². The molecule has 1 amide bonds. The second-order valence-electron chi connectivity index (χ2n) is 4.32. The number of rotatable bonds is 1. The van der Waals surface area contributed by atoms with Crippen LogP contribution in [0.5, 0.6) is 5.75 Å². The number of phenols is 1. The summed E-state index contributed by atoms with van der Waals surface area (Å²) in [5.41, 5.74) is -0.480. The van der Waals surface area contributed by atoms with Gasteiger partial charge in [0, 0.05) is 12.1 Å². The van der Waals surface area contributed by atoms with Crippen molar-refractivity contribution in [2.24, 2.45) is 0 Å². The van der Waals surface area contributed by atoms with Crippen LogP contribution in [0.2, 0.25) is 0 Å². The van der Waals surface area contributed by atoms with Crippen molar-refractivity contribution in [1.82, 2.24) is 0 Å². The van der Waals surface area contributed by atoms with Gasteiger partial charge in [0.2, 0.25) is 0 Å². The van der Waals surface area contributed by atoms with Crippen molar-refractivity contribution in [1.29, 1.82) is 0 Å². The van der Waals surface area contributed by atoms with Crippen LogP contribution in [0.15, 0.2) is 18.2 Å². The van der Waals surface area contributed by atoms with Crippen LogP contribution >= 0.6 is 0 Å². The van der Waals surface area contributed by atoms with Gasteiger partial charge in [-0.25, -0.2) is 9.18 Å². The lowest BCUT2D eigenvalue weighted by Crippen LogP contribution is -2.27. The number of anilines is 1. The molecule has 0 radical (unpaired) electrons. The molecule has 0 bridgehead atoms. The van der Waals surface area contributed by atoms with Gasteiger partial charge in [-0.3, -0.25) is 5.32 Å². The van der Waals surface area contributed by atoms with Gasteiger partial charge in [-0.15, -0.1) is 0 Å². The van der Waals surface area contributed by atoms with Crippen LogP contribution in [0.1, 0.15) is 20.8 Å². The first-order valence-corrected chi connectivity index (χ1v) is 4.76. The summed E-state index contributed by atoms with van der Waals surface area (Å²) in [6.45, 7) is 5.15. The Balaban J connectivity index is 2.70. The van der Waals surface area contributed by atoms with Crippen molar-refractivity contribution in [2.45, 2.75) is 26.4 Å². The Labute approximate surface area is 93.0 Å². The molecule has 0 saturated heterocycles. The summed E-state index contributed by atoms with van der Waals surface area (Å²) in [6.07, 6.45) is -0.697. The third-order valence-corrected chi connectivity index (χ3v) is 1.53. The minimum atomic E-state index is -0.697. The first-order valence-electron chi connectivity index (χ1n) is 4.76. The minimum absolute atomic E-state index is 0.145. The third kappa shape index (κ3) is 4.16. The summed E-state index contributed by atoms with van der Waals surface area (Å²) in [5.74, 6) is -0.892. The summed E-state index contributed by atoms with van der Waals surface area (Å²) < 4.78 is 17.8. The molecule has 0 aliphatic rings. The van der Waals surface area contributed by atoms with Crippen LogP contribution in [0.4, 0.5) is 14.9 Å². The standard InChI is InChI=1S/C11H14FNO3/c1-11(2,3)16-10(15)13-8-4-7(12)5-9(14)6-8/h4-6,14H,1-3H3,(H,13,15). The van der Waals surface area contributed by atoms with Crippen molar-refractivity contribution in [2.75, 3.05) is 5.32 Å². The number of phenolic OH excluding ortho intramolecular Hbond substituents is 1. The number of hydrogen-bond donors (Lipinski definition) is 2. The average molecular weight is 227 g/mol. The van der Waals surface area contributed by atoms with Crippen LogP contribution in [0, 0.1) is 5.82 Å². The van der Waals surface area contributed by atoms with Crippen molar-refractivity contribution < 1.29 is 19.0 Å². The van der Waals surface area contributed by atoms with E-state index in [2.05, 4.69) is 5.32 Å². The van der Waals surface area contributed by atoms with Crippen molar-refractivity contribution in [3.05, 3.63) is 24.0 Å². The molecule has 0 atom stereocenters. The highest BCUT2D eigenvalue weighted by atomic mass is 19.1. The van der Waals surface area contributed by atoms with E-state index in [0.717, 1.165) is 12.1 Å². The molecular weight excluding hydrogens is 213 g/mol. The lowest BCUT2D eigenvalue weighted by molar-refractivity contribution is 0.0636. The summed E-state index contributed by atoms with van der Waals surface area (Å²) in [7, 11) is 0. The van der Waals surface area contributed by atoms with E-state index in [1.54, 1.807) is 20.8 Å². The van der Waals surface area contributed by atoms with E-state index in [0.29, 0.717) is 0 Å². The number of halogens is 1. The minimum Gasteiger partial charge on any atom is -0.508 e. The largest absolute Gasteiger partial charge is 0.508 e. The quantitative estimate of drug-likeness (QED) is 0.775. The number of aromatic hydroxyl groups is 1. The molecule has 0 aromatic heterocycles. The number of nitrogens with one attached hydrogen (secondary N) is 1. The molecule has 0 spiro atoms. The highest BCUT2D eigenvalue weighted by molar-refractivity contribution is 5.85. The van der Waals surface area contributed by atoms with Crippen LogP contribution in [0.3, 0.4) is 0 Å². The van der Waals surface area contributed by atoms with Gasteiger partial charge in [0.15, 0.2) is 0 Å². The Morgan fingerprint density at radius 1 is 1.38 bits per heavy atom. The highest BCUT2D eigenvalue weighted by Gasteiger charge is 2.16. The molecule has 1 aromatic carbocycles. The van der Waals surface area contributed by atoms with Crippen LogP contribution in [-0.2, 0) is 4.74 Å². The number of benzene rings is 1. The van der Waals surface area contributed by atoms with Crippen molar-refractivity contribution in [3.8, 4) is 5.75 Å². The first kappa shape index (κ1) is 12.3. The summed E-state index contributed by atoms with van der Waals surface area (Å²) in [6, 6.07) is 3.26. The Kier molecular flexibility index (Phi) is 3.37. The fourth-order valence-electron chi connectivity index (χ4n) is 1.07. The second kappa shape index (κ2) is 4.38.